The molecule has 1 unspecified atom stereocenters. The molecule has 0 aliphatic carbocycles. The maximum atomic E-state index is 13.7. The molecular weight excluding hydrogens is 420 g/mol. The van der Waals surface area contributed by atoms with E-state index >= 15 is 0 Å². The number of rotatable bonds is 4. The minimum atomic E-state index is -4.63. The van der Waals surface area contributed by atoms with E-state index in [1.54, 1.807) is 18.4 Å². The van der Waals surface area contributed by atoms with E-state index in [0.29, 0.717) is 16.8 Å². The molecule has 0 radical (unpaired) electrons. The number of nitrogens with one attached hydrogen (secondary N) is 1. The summed E-state index contributed by atoms with van der Waals surface area (Å²) in [7, 11) is 0.786. The largest absolute Gasteiger partial charge is 0.469 e. The van der Waals surface area contributed by atoms with Crippen LogP contribution in [0.4, 0.5) is 17.6 Å². The second kappa shape index (κ2) is 10.5. The minimum absolute atomic E-state index is 0.121. The van der Waals surface area contributed by atoms with Crippen LogP contribution in [0.25, 0.3) is 0 Å². The summed E-state index contributed by atoms with van der Waals surface area (Å²) in [6.45, 7) is 1.36. The zero-order chi connectivity index (χ0) is 21.5. The van der Waals surface area contributed by atoms with E-state index in [2.05, 4.69) is 20.3 Å². The highest BCUT2D eigenvalue weighted by Crippen LogP contribution is 2.33. The zero-order valence-electron chi connectivity index (χ0n) is 15.3. The molecule has 0 aliphatic heterocycles. The fourth-order valence-corrected chi connectivity index (χ4v) is 2.77. The number of methoxy groups -OCH3 is 1. The molecule has 1 heterocycles. The van der Waals surface area contributed by atoms with Crippen LogP contribution in [0.15, 0.2) is 36.5 Å². The lowest BCUT2D eigenvalue weighted by atomic mass is 10.0. The van der Waals surface area contributed by atoms with Crippen LogP contribution in [0.5, 0.6) is 0 Å². The Morgan fingerprint density at radius 3 is 2.36 bits per heavy atom. The number of hydrogen-bond acceptors (Lipinski definition) is 4. The van der Waals surface area contributed by atoms with Gasteiger partial charge in [-0.1, -0.05) is 17.5 Å². The highest BCUT2D eigenvalue weighted by atomic mass is 35.5. The normalized spacial score (nSPS) is 13.1. The van der Waals surface area contributed by atoms with Crippen LogP contribution >= 0.6 is 22.3 Å². The molecule has 0 saturated carbocycles. The number of ether oxygens (including phenoxy) is 1. The van der Waals surface area contributed by atoms with Crippen LogP contribution in [0.2, 0.25) is 5.02 Å². The Morgan fingerprint density at radius 1 is 1.32 bits per heavy atom. The Kier molecular flexibility index (Phi) is 9.06. The number of esters is 1. The molecule has 2 atom stereocenters. The van der Waals surface area contributed by atoms with Gasteiger partial charge in [0.05, 0.1) is 29.4 Å². The molecule has 1 aromatic heterocycles. The van der Waals surface area contributed by atoms with Crippen molar-refractivity contribution >= 4 is 34.1 Å². The maximum Gasteiger partial charge on any atom is 0.416 e. The Labute approximate surface area is 167 Å². The summed E-state index contributed by atoms with van der Waals surface area (Å²) >= 11 is 5.78. The molecule has 4 nitrogen and oxygen atoms in total. The van der Waals surface area contributed by atoms with E-state index < -0.39 is 34.3 Å². The summed E-state index contributed by atoms with van der Waals surface area (Å²) < 4.78 is 59.5. The number of hydrogen-bond donors (Lipinski definition) is 1. The summed E-state index contributed by atoms with van der Waals surface area (Å²) in [6.07, 6.45) is -1.49. The number of alkyl halides is 3. The van der Waals surface area contributed by atoms with E-state index in [1.807, 2.05) is 0 Å². The van der Waals surface area contributed by atoms with Crippen LogP contribution in [0, 0.1) is 5.82 Å². The van der Waals surface area contributed by atoms with Crippen molar-refractivity contribution < 1.29 is 27.1 Å². The maximum absolute atomic E-state index is 13.7. The summed E-state index contributed by atoms with van der Waals surface area (Å²) in [6, 6.07) is 4.84. The van der Waals surface area contributed by atoms with Gasteiger partial charge in [0.15, 0.2) is 0 Å². The van der Waals surface area contributed by atoms with Crippen molar-refractivity contribution in [2.75, 3.05) is 13.4 Å². The van der Waals surface area contributed by atoms with E-state index in [9.17, 15) is 22.4 Å². The monoisotopic (exact) mass is 438 g/mol. The van der Waals surface area contributed by atoms with Crippen molar-refractivity contribution in [2.24, 2.45) is 0 Å². The molecule has 0 aliphatic rings. The third kappa shape index (κ3) is 7.95. The number of halogens is 5. The van der Waals surface area contributed by atoms with Crippen molar-refractivity contribution in [2.45, 2.75) is 19.1 Å². The lowest BCUT2D eigenvalue weighted by Crippen LogP contribution is -2.19. The third-order valence-electron chi connectivity index (χ3n) is 3.23. The van der Waals surface area contributed by atoms with Crippen LogP contribution < -0.4 is 4.72 Å². The van der Waals surface area contributed by atoms with Gasteiger partial charge >= 0.3 is 12.1 Å². The van der Waals surface area contributed by atoms with E-state index in [-0.39, 0.29) is 11.5 Å². The van der Waals surface area contributed by atoms with Gasteiger partial charge < -0.3 is 4.74 Å². The highest BCUT2D eigenvalue weighted by Gasteiger charge is 2.32. The van der Waals surface area contributed by atoms with Crippen LogP contribution in [0.3, 0.4) is 0 Å². The van der Waals surface area contributed by atoms with Gasteiger partial charge in [-0.25, -0.2) is 4.39 Å². The molecule has 2 rings (SSSR count). The topological polar surface area (TPSA) is 51.2 Å². The lowest BCUT2D eigenvalue weighted by molar-refractivity contribution is -0.138. The number of benzene rings is 1. The van der Waals surface area contributed by atoms with Crippen LogP contribution in [0.1, 0.15) is 29.8 Å². The van der Waals surface area contributed by atoms with Gasteiger partial charge in [0, 0.05) is 13.1 Å². The van der Waals surface area contributed by atoms with Crippen molar-refractivity contribution in [3.8, 4) is 0 Å². The van der Waals surface area contributed by atoms with E-state index in [4.69, 9.17) is 11.6 Å². The summed E-state index contributed by atoms with van der Waals surface area (Å²) in [5.74, 6) is 2.58. The van der Waals surface area contributed by atoms with E-state index in [0.717, 1.165) is 12.1 Å². The molecule has 2 aromatic rings. The summed E-state index contributed by atoms with van der Waals surface area (Å²) in [5, 5.41) is 0.396. The fraction of sp³-hybridized carbons (Fsp3) is 0.278. The molecule has 0 fully saturated rings. The van der Waals surface area contributed by atoms with Crippen molar-refractivity contribution in [3.63, 3.8) is 0 Å². The molecule has 0 bridgehead atoms. The van der Waals surface area contributed by atoms with Crippen LogP contribution in [-0.4, -0.2) is 30.2 Å². The molecule has 10 heteroatoms. The Morgan fingerprint density at radius 2 is 1.93 bits per heavy atom. The van der Waals surface area contributed by atoms with Gasteiger partial charge in [0.1, 0.15) is 5.82 Å². The summed E-state index contributed by atoms with van der Waals surface area (Å²) in [4.78, 5) is 13.7. The van der Waals surface area contributed by atoms with Gasteiger partial charge in [0.25, 0.3) is 0 Å². The average molecular weight is 439 g/mol. The van der Waals surface area contributed by atoms with E-state index in [1.165, 1.54) is 20.2 Å². The Hall–Kier alpha value is -1.97. The van der Waals surface area contributed by atoms with Gasteiger partial charge in [0.2, 0.25) is 0 Å². The smallest absolute Gasteiger partial charge is 0.416 e. The first kappa shape index (κ1) is 24.1. The molecule has 1 aromatic carbocycles. The van der Waals surface area contributed by atoms with Gasteiger partial charge in [-0.2, -0.15) is 13.2 Å². The molecule has 28 heavy (non-hydrogen) atoms. The number of carbonyl (C=O) groups excluding carboxylic acids is 1. The standard InChI is InChI=1S/C15H13ClF4N2S.C3H6O2/c1-23(2)22-14(13-4-3-11(16)8-21-13)9-5-10(15(18,19)20)7-12(17)6-9;1-3(4)5-2/h3-8,14,22H,1H2,2H3;1-2H3/t14-,23?;/m0./s1. The summed E-state index contributed by atoms with van der Waals surface area (Å²) in [5.41, 5.74) is -0.500. The molecule has 0 spiro atoms. The lowest BCUT2D eigenvalue weighted by Gasteiger charge is -2.20. The predicted molar refractivity (Wildman–Crippen MR) is 104 cm³/mol. The molecule has 1 N–H and O–H groups in total. The first-order valence-electron chi connectivity index (χ1n) is 7.69. The van der Waals surface area contributed by atoms with Gasteiger partial charge in [-0.15, -0.1) is 10.7 Å². The number of pyridine rings is 1. The Bertz CT molecular complexity index is 829. The molecule has 0 amide bonds. The quantitative estimate of drug-likeness (QED) is 0.415. The molecule has 154 valence electrons. The third-order valence-corrected chi connectivity index (χ3v) is 4.09. The second-order valence-electron chi connectivity index (χ2n) is 5.56. The number of carbonyl (C=O) groups is 1. The fourth-order valence-electron chi connectivity index (χ4n) is 2.00. The number of aromatic nitrogens is 1. The number of nitrogens with zero attached hydrogens (tertiary/aromatic N) is 1. The van der Waals surface area contributed by atoms with Crippen LogP contribution in [-0.2, 0) is 15.7 Å². The first-order chi connectivity index (χ1) is 12.9. The van der Waals surface area contributed by atoms with Crippen molar-refractivity contribution in [3.05, 3.63) is 64.2 Å². The van der Waals surface area contributed by atoms with Gasteiger partial charge in [-0.3, -0.25) is 14.5 Å². The zero-order valence-corrected chi connectivity index (χ0v) is 16.9. The second-order valence-corrected chi connectivity index (χ2v) is 7.50. The van der Waals surface area contributed by atoms with Crippen molar-refractivity contribution in [1.29, 1.82) is 0 Å². The predicted octanol–water partition coefficient (Wildman–Crippen LogP) is 5.00. The Balaban J connectivity index is 0.000000696. The minimum Gasteiger partial charge on any atom is -0.469 e. The highest BCUT2D eigenvalue weighted by molar-refractivity contribution is 8.11. The average Bonchev–Trinajstić information content (AvgIpc) is 2.59. The SMILES string of the molecule is C=S(C)N[C@@H](c1cc(F)cc(C(F)(F)F)c1)c1ccc(Cl)cn1.COC(C)=O. The van der Waals surface area contributed by atoms with Gasteiger partial charge in [-0.05, 0) is 42.2 Å². The molecular formula is C18H19ClF4N2O2S. The molecule has 0 saturated heterocycles. The first-order valence-corrected chi connectivity index (χ1v) is 9.87. The van der Waals surface area contributed by atoms with Crippen molar-refractivity contribution in [1.82, 2.24) is 9.71 Å².